The third-order valence-electron chi connectivity index (χ3n) is 3.45. The highest BCUT2D eigenvalue weighted by Crippen LogP contribution is 2.40. The van der Waals surface area contributed by atoms with Crippen LogP contribution in [0.15, 0.2) is 48.5 Å². The number of fused-ring (bicyclic) bond motifs is 1. The van der Waals surface area contributed by atoms with Gasteiger partial charge in [0.15, 0.2) is 0 Å². The molecule has 1 aromatic heterocycles. The summed E-state index contributed by atoms with van der Waals surface area (Å²) in [7, 11) is 0. The van der Waals surface area contributed by atoms with Crippen molar-refractivity contribution in [3.8, 4) is 0 Å². The Balaban J connectivity index is 2.08. The van der Waals surface area contributed by atoms with Gasteiger partial charge >= 0.3 is 0 Å². The van der Waals surface area contributed by atoms with E-state index in [1.165, 1.54) is 12.1 Å². The fourth-order valence-electron chi connectivity index (χ4n) is 2.41. The van der Waals surface area contributed by atoms with Gasteiger partial charge in [0, 0.05) is 16.9 Å². The van der Waals surface area contributed by atoms with Crippen LogP contribution >= 0.6 is 11.8 Å². The van der Waals surface area contributed by atoms with Gasteiger partial charge in [-0.05, 0) is 29.8 Å². The maximum atomic E-state index is 10.9. The topological polar surface area (TPSA) is 73.8 Å². The Morgan fingerprint density at radius 3 is 2.42 bits per heavy atom. The number of hydrogen-bond donors (Lipinski definition) is 0. The smallest absolute Gasteiger partial charge is 0.258 e. The molecule has 0 saturated carbocycles. The molecule has 3 rings (SSSR count). The molecular formula is C17H18N4O2S. The second kappa shape index (κ2) is 6.24. The van der Waals surface area contributed by atoms with Crippen molar-refractivity contribution in [3.63, 3.8) is 0 Å². The van der Waals surface area contributed by atoms with Gasteiger partial charge in [-0.2, -0.15) is 0 Å². The minimum Gasteiger partial charge on any atom is -0.258 e. The predicted octanol–water partition coefficient (Wildman–Crippen LogP) is 4.42. The summed E-state index contributed by atoms with van der Waals surface area (Å²) in [5.74, 6) is 0. The van der Waals surface area contributed by atoms with Gasteiger partial charge in [0.05, 0.1) is 10.4 Å². The maximum Gasteiger partial charge on any atom is 0.269 e. The van der Waals surface area contributed by atoms with Crippen molar-refractivity contribution in [1.29, 1.82) is 0 Å². The highest BCUT2D eigenvalue weighted by atomic mass is 32.2. The molecule has 0 aliphatic rings. The fraction of sp³-hybridized carbons (Fsp3) is 0.294. The van der Waals surface area contributed by atoms with E-state index in [1.807, 2.05) is 28.9 Å². The lowest BCUT2D eigenvalue weighted by Gasteiger charge is -2.26. The van der Waals surface area contributed by atoms with Crippen LogP contribution in [-0.2, 0) is 0 Å². The van der Waals surface area contributed by atoms with Crippen LogP contribution in [0.4, 0.5) is 5.69 Å². The lowest BCUT2D eigenvalue weighted by molar-refractivity contribution is -0.384. The summed E-state index contributed by atoms with van der Waals surface area (Å²) in [6.07, 6.45) is 0. The number of rotatable bonds is 4. The number of hydrogen-bond acceptors (Lipinski definition) is 5. The third-order valence-corrected chi connectivity index (χ3v) is 4.86. The zero-order chi connectivity index (χ0) is 17.3. The van der Waals surface area contributed by atoms with E-state index in [4.69, 9.17) is 0 Å². The van der Waals surface area contributed by atoms with E-state index >= 15 is 0 Å². The first-order valence-electron chi connectivity index (χ1n) is 7.57. The molecular weight excluding hydrogens is 324 g/mol. The molecule has 0 aliphatic heterocycles. The average Bonchev–Trinajstić information content (AvgIpc) is 2.96. The molecule has 1 unspecified atom stereocenters. The summed E-state index contributed by atoms with van der Waals surface area (Å²) in [5, 5.41) is 19.3. The summed E-state index contributed by atoms with van der Waals surface area (Å²) in [6, 6.07) is 14.4. The van der Waals surface area contributed by atoms with Crippen molar-refractivity contribution in [2.75, 3.05) is 0 Å². The number of nitro groups is 1. The van der Waals surface area contributed by atoms with Crippen LogP contribution in [0.3, 0.4) is 0 Å². The standard InChI is InChI=1S/C17H18N4O2S/c1-17(2,3)24-16(12-8-10-13(11-9-12)21(22)23)20-15-7-5-4-6-14(15)18-19-20/h4-11,16H,1-3H3. The Morgan fingerprint density at radius 1 is 1.12 bits per heavy atom. The Kier molecular flexibility index (Phi) is 4.28. The number of non-ortho nitro benzene ring substituents is 1. The Labute approximate surface area is 144 Å². The molecule has 0 saturated heterocycles. The zero-order valence-corrected chi connectivity index (χ0v) is 14.5. The number of nitrogens with zero attached hydrogens (tertiary/aromatic N) is 4. The Morgan fingerprint density at radius 2 is 1.79 bits per heavy atom. The van der Waals surface area contributed by atoms with Crippen molar-refractivity contribution in [1.82, 2.24) is 15.0 Å². The van der Waals surface area contributed by atoms with Crippen LogP contribution in [0.25, 0.3) is 11.0 Å². The normalized spacial score (nSPS) is 13.1. The molecule has 0 spiro atoms. The largest absolute Gasteiger partial charge is 0.269 e. The molecule has 1 heterocycles. The molecule has 7 heteroatoms. The Bertz CT molecular complexity index is 868. The number of thioether (sulfide) groups is 1. The van der Waals surface area contributed by atoms with Gasteiger partial charge in [-0.1, -0.05) is 38.1 Å². The summed E-state index contributed by atoms with van der Waals surface area (Å²) >= 11 is 1.73. The van der Waals surface area contributed by atoms with Crippen molar-refractivity contribution >= 4 is 28.5 Å². The number of nitro benzene ring substituents is 1. The van der Waals surface area contributed by atoms with Crippen LogP contribution < -0.4 is 0 Å². The third kappa shape index (κ3) is 3.41. The molecule has 124 valence electrons. The van der Waals surface area contributed by atoms with Gasteiger partial charge in [0.1, 0.15) is 10.9 Å². The first kappa shape index (κ1) is 16.4. The molecule has 3 aromatic rings. The van der Waals surface area contributed by atoms with Gasteiger partial charge in [-0.3, -0.25) is 10.1 Å². The molecule has 0 aliphatic carbocycles. The fourth-order valence-corrected chi connectivity index (χ4v) is 3.63. The highest BCUT2D eigenvalue weighted by Gasteiger charge is 2.25. The van der Waals surface area contributed by atoms with E-state index < -0.39 is 0 Å². The number of benzene rings is 2. The molecule has 2 aromatic carbocycles. The summed E-state index contributed by atoms with van der Waals surface area (Å²) in [5.41, 5.74) is 2.81. The van der Waals surface area contributed by atoms with Gasteiger partial charge in [0.25, 0.3) is 5.69 Å². The highest BCUT2D eigenvalue weighted by molar-refractivity contribution is 8.00. The van der Waals surface area contributed by atoms with Crippen molar-refractivity contribution < 1.29 is 4.92 Å². The van der Waals surface area contributed by atoms with Gasteiger partial charge in [0.2, 0.25) is 0 Å². The quantitative estimate of drug-likeness (QED) is 0.518. The molecule has 0 bridgehead atoms. The molecule has 0 fully saturated rings. The van der Waals surface area contributed by atoms with E-state index in [0.29, 0.717) is 0 Å². The van der Waals surface area contributed by atoms with Crippen molar-refractivity contribution in [2.45, 2.75) is 30.9 Å². The van der Waals surface area contributed by atoms with Gasteiger partial charge in [-0.15, -0.1) is 16.9 Å². The van der Waals surface area contributed by atoms with Crippen LogP contribution in [0, 0.1) is 10.1 Å². The summed E-state index contributed by atoms with van der Waals surface area (Å²) < 4.78 is 1.87. The Hall–Kier alpha value is -2.41. The first-order valence-corrected chi connectivity index (χ1v) is 8.45. The second-order valence-electron chi connectivity index (χ2n) is 6.45. The van der Waals surface area contributed by atoms with E-state index in [9.17, 15) is 10.1 Å². The monoisotopic (exact) mass is 342 g/mol. The summed E-state index contributed by atoms with van der Waals surface area (Å²) in [4.78, 5) is 10.5. The minimum absolute atomic E-state index is 0.0144. The molecule has 0 amide bonds. The van der Waals surface area contributed by atoms with Gasteiger partial charge in [-0.25, -0.2) is 4.68 Å². The van der Waals surface area contributed by atoms with Crippen LogP contribution in [0.1, 0.15) is 31.7 Å². The summed E-state index contributed by atoms with van der Waals surface area (Å²) in [6.45, 7) is 6.40. The SMILES string of the molecule is CC(C)(C)SC(c1ccc([N+](=O)[O-])cc1)n1nnc2ccccc21. The van der Waals surface area contributed by atoms with Crippen LogP contribution in [0.2, 0.25) is 0 Å². The van der Waals surface area contributed by atoms with Crippen LogP contribution in [-0.4, -0.2) is 24.7 Å². The number of aromatic nitrogens is 3. The minimum atomic E-state index is -0.388. The molecule has 0 radical (unpaired) electrons. The number of para-hydroxylation sites is 1. The van der Waals surface area contributed by atoms with Crippen molar-refractivity contribution in [3.05, 3.63) is 64.2 Å². The maximum absolute atomic E-state index is 10.9. The van der Waals surface area contributed by atoms with Crippen LogP contribution in [0.5, 0.6) is 0 Å². The van der Waals surface area contributed by atoms with E-state index in [1.54, 1.807) is 23.9 Å². The van der Waals surface area contributed by atoms with Gasteiger partial charge < -0.3 is 0 Å². The molecule has 0 N–H and O–H groups in total. The van der Waals surface area contributed by atoms with Crippen molar-refractivity contribution in [2.24, 2.45) is 0 Å². The second-order valence-corrected chi connectivity index (χ2v) is 8.36. The molecule has 24 heavy (non-hydrogen) atoms. The average molecular weight is 342 g/mol. The van der Waals surface area contributed by atoms with E-state index in [2.05, 4.69) is 31.1 Å². The molecule has 1 atom stereocenters. The lowest BCUT2D eigenvalue weighted by Crippen LogP contribution is -2.17. The first-order chi connectivity index (χ1) is 11.3. The lowest BCUT2D eigenvalue weighted by atomic mass is 10.2. The van der Waals surface area contributed by atoms with E-state index in [-0.39, 0.29) is 20.7 Å². The molecule has 6 nitrogen and oxygen atoms in total. The zero-order valence-electron chi connectivity index (χ0n) is 13.7. The predicted molar refractivity (Wildman–Crippen MR) is 96.1 cm³/mol. The van der Waals surface area contributed by atoms with E-state index in [0.717, 1.165) is 16.6 Å².